The van der Waals surface area contributed by atoms with Gasteiger partial charge in [0.1, 0.15) is 5.82 Å². The van der Waals surface area contributed by atoms with Crippen LogP contribution in [0.3, 0.4) is 0 Å². The Hall–Kier alpha value is -1.19. The largest absolute Gasteiger partial charge is 0.309 e. The van der Waals surface area contributed by atoms with Gasteiger partial charge >= 0.3 is 0 Å². The predicted molar refractivity (Wildman–Crippen MR) is 89.5 cm³/mol. The zero-order valence-electron chi connectivity index (χ0n) is 13.2. The summed E-state index contributed by atoms with van der Waals surface area (Å²) >= 11 is 1.83. The molecule has 0 radical (unpaired) electrons. The number of hydrogen-bond donors (Lipinski definition) is 1. The smallest absolute Gasteiger partial charge is 0.126 e. The number of benzene rings is 1. The second-order valence-corrected chi connectivity index (χ2v) is 7.47. The maximum Gasteiger partial charge on any atom is 0.126 e. The molecule has 1 atom stereocenters. The van der Waals surface area contributed by atoms with Gasteiger partial charge in [-0.25, -0.2) is 4.39 Å². The van der Waals surface area contributed by atoms with Gasteiger partial charge < -0.3 is 5.32 Å². The fraction of sp³-hybridized carbons (Fsp3) is 0.444. The second-order valence-electron chi connectivity index (χ2n) is 6.36. The fourth-order valence-electron chi connectivity index (χ4n) is 2.35. The Morgan fingerprint density at radius 3 is 2.43 bits per heavy atom. The van der Waals surface area contributed by atoms with Crippen molar-refractivity contribution in [1.29, 1.82) is 0 Å². The highest BCUT2D eigenvalue weighted by Gasteiger charge is 2.20. The zero-order valence-corrected chi connectivity index (χ0v) is 14.1. The van der Waals surface area contributed by atoms with E-state index in [1.807, 2.05) is 23.5 Å². The molecule has 2 rings (SSSR count). The van der Waals surface area contributed by atoms with Crippen molar-refractivity contribution in [2.45, 2.75) is 45.6 Å². The molecule has 0 aliphatic rings. The molecule has 21 heavy (non-hydrogen) atoms. The highest BCUT2D eigenvalue weighted by molar-refractivity contribution is 7.12. The minimum Gasteiger partial charge on any atom is -0.309 e. The normalized spacial score (nSPS) is 13.4. The molecule has 0 fully saturated rings. The Morgan fingerprint density at radius 2 is 1.86 bits per heavy atom. The molecule has 1 nitrogen and oxygen atoms in total. The quantitative estimate of drug-likeness (QED) is 0.812. The van der Waals surface area contributed by atoms with Crippen molar-refractivity contribution in [1.82, 2.24) is 5.32 Å². The summed E-state index contributed by atoms with van der Waals surface area (Å²) in [7, 11) is 0. The van der Waals surface area contributed by atoms with Crippen molar-refractivity contribution in [3.05, 3.63) is 57.5 Å². The lowest BCUT2D eigenvalue weighted by Crippen LogP contribution is -2.22. The van der Waals surface area contributed by atoms with Gasteiger partial charge in [-0.2, -0.15) is 0 Å². The maximum atomic E-state index is 13.9. The van der Waals surface area contributed by atoms with Crippen LogP contribution in [0.2, 0.25) is 0 Å². The van der Waals surface area contributed by atoms with Gasteiger partial charge in [0.25, 0.3) is 0 Å². The van der Waals surface area contributed by atoms with Gasteiger partial charge in [-0.05, 0) is 42.1 Å². The number of nitrogens with one attached hydrogen (secondary N) is 1. The fourth-order valence-corrected chi connectivity index (χ4v) is 3.49. The van der Waals surface area contributed by atoms with Gasteiger partial charge in [-0.3, -0.25) is 0 Å². The number of halogens is 1. The Balaban J connectivity index is 2.23. The SMILES string of the molecule is CCNC(Cc1ccccc1F)c1ccc(C(C)(C)C)s1. The molecule has 0 aliphatic heterocycles. The van der Waals surface area contributed by atoms with Crippen LogP contribution in [-0.4, -0.2) is 6.54 Å². The third-order valence-electron chi connectivity index (χ3n) is 3.54. The van der Waals surface area contributed by atoms with E-state index in [1.165, 1.54) is 15.8 Å². The molecule has 1 heterocycles. The van der Waals surface area contributed by atoms with E-state index in [0.29, 0.717) is 6.42 Å². The molecule has 0 spiro atoms. The predicted octanol–water partition coefficient (Wildman–Crippen LogP) is 5.08. The van der Waals surface area contributed by atoms with Crippen LogP contribution >= 0.6 is 11.3 Å². The molecule has 0 saturated heterocycles. The maximum absolute atomic E-state index is 13.9. The molecule has 1 unspecified atom stereocenters. The minimum atomic E-state index is -0.118. The number of rotatable bonds is 5. The van der Waals surface area contributed by atoms with Crippen LogP contribution in [-0.2, 0) is 11.8 Å². The molecule has 1 aromatic heterocycles. The Labute approximate surface area is 131 Å². The first-order chi connectivity index (χ1) is 9.91. The van der Waals surface area contributed by atoms with Crippen LogP contribution < -0.4 is 5.32 Å². The summed E-state index contributed by atoms with van der Waals surface area (Å²) < 4.78 is 13.9. The summed E-state index contributed by atoms with van der Waals surface area (Å²) in [6.07, 6.45) is 0.685. The van der Waals surface area contributed by atoms with Gasteiger partial charge in [-0.1, -0.05) is 45.9 Å². The first-order valence-electron chi connectivity index (χ1n) is 7.49. The van der Waals surface area contributed by atoms with Gasteiger partial charge in [0.05, 0.1) is 0 Å². The Kier molecular flexibility index (Phi) is 5.17. The Bertz CT molecular complexity index is 583. The van der Waals surface area contributed by atoms with Crippen LogP contribution in [0, 0.1) is 5.82 Å². The summed E-state index contributed by atoms with van der Waals surface area (Å²) in [5, 5.41) is 3.48. The van der Waals surface area contributed by atoms with Gasteiger partial charge in [0, 0.05) is 15.8 Å². The van der Waals surface area contributed by atoms with E-state index in [-0.39, 0.29) is 17.3 Å². The van der Waals surface area contributed by atoms with Crippen molar-refractivity contribution >= 4 is 11.3 Å². The number of thiophene rings is 1. The van der Waals surface area contributed by atoms with Crippen molar-refractivity contribution in [3.63, 3.8) is 0 Å². The Morgan fingerprint density at radius 1 is 1.14 bits per heavy atom. The van der Waals surface area contributed by atoms with Crippen molar-refractivity contribution < 1.29 is 4.39 Å². The summed E-state index contributed by atoms with van der Waals surface area (Å²) in [6, 6.07) is 11.6. The van der Waals surface area contributed by atoms with E-state index >= 15 is 0 Å². The third kappa shape index (κ3) is 4.14. The van der Waals surface area contributed by atoms with Crippen LogP contribution in [0.1, 0.15) is 49.1 Å². The molecular formula is C18H24FNS. The molecule has 114 valence electrons. The molecular weight excluding hydrogens is 281 g/mol. The lowest BCUT2D eigenvalue weighted by molar-refractivity contribution is 0.534. The molecule has 1 aromatic carbocycles. The minimum absolute atomic E-state index is 0.118. The first kappa shape index (κ1) is 16.2. The highest BCUT2D eigenvalue weighted by Crippen LogP contribution is 2.33. The molecule has 2 aromatic rings. The molecule has 0 saturated carbocycles. The van der Waals surface area contributed by atoms with E-state index < -0.39 is 0 Å². The topological polar surface area (TPSA) is 12.0 Å². The number of hydrogen-bond acceptors (Lipinski definition) is 2. The first-order valence-corrected chi connectivity index (χ1v) is 8.30. The molecule has 0 bridgehead atoms. The monoisotopic (exact) mass is 305 g/mol. The summed E-state index contributed by atoms with van der Waals surface area (Å²) in [5.41, 5.74) is 0.937. The van der Waals surface area contributed by atoms with Crippen LogP contribution in [0.4, 0.5) is 4.39 Å². The summed E-state index contributed by atoms with van der Waals surface area (Å²) in [5.74, 6) is -0.118. The number of likely N-dealkylation sites (N-methyl/N-ethyl adjacent to an activating group) is 1. The van der Waals surface area contributed by atoms with Gasteiger partial charge in [0.2, 0.25) is 0 Å². The highest BCUT2D eigenvalue weighted by atomic mass is 32.1. The molecule has 3 heteroatoms. The van der Waals surface area contributed by atoms with Crippen LogP contribution in [0.15, 0.2) is 36.4 Å². The van der Waals surface area contributed by atoms with Crippen molar-refractivity contribution in [2.24, 2.45) is 0 Å². The summed E-state index contributed by atoms with van der Waals surface area (Å²) in [4.78, 5) is 2.65. The van der Waals surface area contributed by atoms with Gasteiger partial charge in [0.15, 0.2) is 0 Å². The molecule has 0 aliphatic carbocycles. The lowest BCUT2D eigenvalue weighted by atomic mass is 9.95. The zero-order chi connectivity index (χ0) is 15.5. The van der Waals surface area contributed by atoms with Crippen molar-refractivity contribution in [2.75, 3.05) is 6.54 Å². The van der Waals surface area contributed by atoms with Crippen LogP contribution in [0.5, 0.6) is 0 Å². The average Bonchev–Trinajstić information content (AvgIpc) is 2.90. The van der Waals surface area contributed by atoms with E-state index in [2.05, 4.69) is 45.1 Å². The summed E-state index contributed by atoms with van der Waals surface area (Å²) in [6.45, 7) is 9.64. The lowest BCUT2D eigenvalue weighted by Gasteiger charge is -2.18. The van der Waals surface area contributed by atoms with Crippen LogP contribution in [0.25, 0.3) is 0 Å². The molecule has 1 N–H and O–H groups in total. The van der Waals surface area contributed by atoms with E-state index in [1.54, 1.807) is 6.07 Å². The standard InChI is InChI=1S/C18H24FNS/c1-5-20-15(12-13-8-6-7-9-14(13)19)16-10-11-17(21-16)18(2,3)4/h6-11,15,20H,5,12H2,1-4H3. The second kappa shape index (κ2) is 6.71. The van der Waals surface area contributed by atoms with E-state index in [9.17, 15) is 4.39 Å². The third-order valence-corrected chi connectivity index (χ3v) is 5.17. The van der Waals surface area contributed by atoms with E-state index in [4.69, 9.17) is 0 Å². The van der Waals surface area contributed by atoms with E-state index in [0.717, 1.165) is 12.1 Å². The van der Waals surface area contributed by atoms with Crippen molar-refractivity contribution in [3.8, 4) is 0 Å². The van der Waals surface area contributed by atoms with Gasteiger partial charge in [-0.15, -0.1) is 11.3 Å². The average molecular weight is 305 g/mol. The molecule has 0 amide bonds.